The van der Waals surface area contributed by atoms with Crippen LogP contribution in [0.15, 0.2) is 6.08 Å². The minimum atomic E-state index is -1.48. The zero-order valence-electron chi connectivity index (χ0n) is 11.7. The van der Waals surface area contributed by atoms with Gasteiger partial charge in [0.1, 0.15) is 0 Å². The van der Waals surface area contributed by atoms with E-state index >= 15 is 0 Å². The Kier molecular flexibility index (Phi) is 7.31. The summed E-state index contributed by atoms with van der Waals surface area (Å²) in [7, 11) is -1.48. The van der Waals surface area contributed by atoms with Crippen LogP contribution < -0.4 is 0 Å². The van der Waals surface area contributed by atoms with Crippen LogP contribution in [0.5, 0.6) is 0 Å². The van der Waals surface area contributed by atoms with Gasteiger partial charge >= 0.3 is 17.1 Å². The molecule has 0 bridgehead atoms. The monoisotopic (exact) mass is 302 g/mol. The van der Waals surface area contributed by atoms with Crippen LogP contribution in [0.3, 0.4) is 0 Å². The topological polar surface area (TPSA) is 9.23 Å². The second kappa shape index (κ2) is 7.13. The van der Waals surface area contributed by atoms with Crippen LogP contribution in [0.25, 0.3) is 0 Å². The Morgan fingerprint density at radius 3 is 2.24 bits per heavy atom. The summed E-state index contributed by atoms with van der Waals surface area (Å²) >= 11 is 0. The number of rotatable bonds is 7. The molecule has 1 unspecified atom stereocenters. The van der Waals surface area contributed by atoms with Crippen molar-refractivity contribution < 1.29 is 21.5 Å². The minimum absolute atomic E-state index is 0. The van der Waals surface area contributed by atoms with Crippen molar-refractivity contribution in [3.8, 4) is 0 Å². The molecule has 1 saturated carbocycles. The fourth-order valence-corrected chi connectivity index (χ4v) is 3.68. The fourth-order valence-electron chi connectivity index (χ4n) is 2.59. The van der Waals surface area contributed by atoms with E-state index in [2.05, 4.69) is 26.6 Å². The number of hydrogen-bond acceptors (Lipinski definition) is 1. The van der Waals surface area contributed by atoms with Gasteiger partial charge in [0.15, 0.2) is 8.32 Å². The molecule has 1 aliphatic rings. The van der Waals surface area contributed by atoms with Crippen molar-refractivity contribution in [3.05, 3.63) is 12.7 Å². The molecule has 104 valence electrons. The zero-order chi connectivity index (χ0) is 12.2. The van der Waals surface area contributed by atoms with Gasteiger partial charge in [-0.05, 0) is 44.3 Å². The second-order valence-corrected chi connectivity index (χ2v) is 10.6. The molecule has 0 saturated heterocycles. The van der Waals surface area contributed by atoms with Crippen molar-refractivity contribution in [2.75, 3.05) is 0 Å². The van der Waals surface area contributed by atoms with Gasteiger partial charge in [0.2, 0.25) is 0 Å². The van der Waals surface area contributed by atoms with Crippen molar-refractivity contribution in [2.45, 2.75) is 71.2 Å². The van der Waals surface area contributed by atoms with E-state index < -0.39 is 8.32 Å². The van der Waals surface area contributed by atoms with Gasteiger partial charge in [-0.3, -0.25) is 0 Å². The van der Waals surface area contributed by atoms with Gasteiger partial charge in [-0.25, -0.2) is 6.08 Å². The summed E-state index contributed by atoms with van der Waals surface area (Å²) < 4.78 is 6.25. The third-order valence-corrected chi connectivity index (χ3v) is 4.60. The molecule has 1 rings (SSSR count). The van der Waals surface area contributed by atoms with Crippen molar-refractivity contribution in [1.82, 2.24) is 0 Å². The molecule has 1 fully saturated rings. The molecule has 0 spiro atoms. The summed E-state index contributed by atoms with van der Waals surface area (Å²) in [5.41, 5.74) is 0.380. The molecule has 0 aromatic rings. The van der Waals surface area contributed by atoms with E-state index in [1.54, 1.807) is 0 Å². The second-order valence-electron chi connectivity index (χ2n) is 6.16. The van der Waals surface area contributed by atoms with Crippen molar-refractivity contribution in [1.29, 1.82) is 0 Å². The summed E-state index contributed by atoms with van der Waals surface area (Å²) in [5.74, 6) is 0. The Hall–Kier alpha value is 0.436. The van der Waals surface area contributed by atoms with E-state index in [0.29, 0.717) is 5.41 Å². The first kappa shape index (κ1) is 17.4. The maximum absolute atomic E-state index is 6.25. The normalized spacial score (nSPS) is 20.0. The van der Waals surface area contributed by atoms with Crippen molar-refractivity contribution in [3.63, 3.8) is 0 Å². The molecular weight excluding hydrogens is 276 g/mol. The van der Waals surface area contributed by atoms with E-state index in [0.717, 1.165) is 0 Å². The third kappa shape index (κ3) is 4.90. The van der Waals surface area contributed by atoms with Crippen LogP contribution >= 0.6 is 0 Å². The summed E-state index contributed by atoms with van der Waals surface area (Å²) in [4.78, 5) is 0. The third-order valence-electron chi connectivity index (χ3n) is 3.64. The average Bonchev–Trinajstić information content (AvgIpc) is 2.12. The number of hydrogen-bond donors (Lipinski definition) is 0. The molecule has 0 amide bonds. The van der Waals surface area contributed by atoms with Gasteiger partial charge in [0.25, 0.3) is 0 Å². The predicted octanol–water partition coefficient (Wildman–Crippen LogP) is 4.55. The van der Waals surface area contributed by atoms with Crippen LogP contribution in [-0.4, -0.2) is 14.4 Å². The largest absolute Gasteiger partial charge is 1.00 e. The van der Waals surface area contributed by atoms with Gasteiger partial charge in [-0.2, -0.15) is 0 Å². The molecule has 0 aliphatic heterocycles. The molecule has 1 nitrogen and oxygen atoms in total. The van der Waals surface area contributed by atoms with Gasteiger partial charge in [-0.1, -0.05) is 26.2 Å². The molecule has 0 aromatic carbocycles. The Morgan fingerprint density at radius 1 is 1.35 bits per heavy atom. The van der Waals surface area contributed by atoms with Gasteiger partial charge in [0, 0.05) is 6.10 Å². The summed E-state index contributed by atoms with van der Waals surface area (Å²) in [5, 5.41) is 0. The van der Waals surface area contributed by atoms with E-state index in [4.69, 9.17) is 11.0 Å². The minimum Gasteiger partial charge on any atom is -0.515 e. The van der Waals surface area contributed by atoms with E-state index in [1.165, 1.54) is 38.5 Å². The van der Waals surface area contributed by atoms with Crippen LogP contribution in [-0.2, 0) is 21.5 Å². The van der Waals surface area contributed by atoms with Gasteiger partial charge in [0.05, 0.1) is 0 Å². The first-order valence-corrected chi connectivity index (χ1v) is 10.1. The summed E-state index contributed by atoms with van der Waals surface area (Å²) in [6.45, 7) is 14.8. The molecule has 1 aliphatic carbocycles. The van der Waals surface area contributed by atoms with Crippen LogP contribution in [0, 0.1) is 12.0 Å². The Bertz CT molecular complexity index is 231. The maximum atomic E-state index is 6.25. The maximum Gasteiger partial charge on any atom is 1.00 e. The predicted molar refractivity (Wildman–Crippen MR) is 72.9 cm³/mol. The summed E-state index contributed by atoms with van der Waals surface area (Å²) in [6, 6.07) is 0. The van der Waals surface area contributed by atoms with Gasteiger partial charge in [-0.15, -0.1) is 0 Å². The van der Waals surface area contributed by atoms with Gasteiger partial charge < -0.3 is 11.0 Å². The van der Waals surface area contributed by atoms with Crippen LogP contribution in [0.4, 0.5) is 0 Å². The van der Waals surface area contributed by atoms with E-state index in [9.17, 15) is 0 Å². The first-order valence-electron chi connectivity index (χ1n) is 6.66. The fraction of sp³-hybridized carbons (Fsp3) is 0.857. The van der Waals surface area contributed by atoms with E-state index in [1.807, 2.05) is 6.08 Å². The van der Waals surface area contributed by atoms with Crippen LogP contribution in [0.1, 0.15) is 45.4 Å². The molecular formula is C14H27CuOSi. The zero-order valence-corrected chi connectivity index (χ0v) is 13.6. The Labute approximate surface area is 119 Å². The van der Waals surface area contributed by atoms with Crippen molar-refractivity contribution in [2.24, 2.45) is 5.41 Å². The molecule has 17 heavy (non-hydrogen) atoms. The molecule has 1 atom stereocenters. The van der Waals surface area contributed by atoms with E-state index in [-0.39, 0.29) is 23.2 Å². The molecule has 3 heteroatoms. The van der Waals surface area contributed by atoms with Crippen LogP contribution in [0.2, 0.25) is 19.6 Å². The smallest absolute Gasteiger partial charge is 0.515 e. The summed E-state index contributed by atoms with van der Waals surface area (Å²) in [6.07, 6.45) is 9.82. The Balaban J connectivity index is 0.00000256. The molecule has 0 radical (unpaired) electrons. The quantitative estimate of drug-likeness (QED) is 0.495. The SMILES string of the molecule is [CH-]=CC(O[Si](C)(C)C)C1(CCCC)CCC1.[Cu+]. The first-order chi connectivity index (χ1) is 7.43. The molecule has 0 N–H and O–H groups in total. The standard InChI is InChI=1S/C14H27OSi.Cu/c1-6-8-10-14(11-9-12-14)13(7-2)15-16(3,4)5;/h2,7,13H,6,8-12H2,1,3-5H3;/q-1;+1. The number of unbranched alkanes of at least 4 members (excludes halogenated alkanes) is 1. The average molecular weight is 303 g/mol. The Morgan fingerprint density at radius 2 is 1.94 bits per heavy atom. The molecule has 0 heterocycles. The van der Waals surface area contributed by atoms with Crippen molar-refractivity contribution >= 4 is 8.32 Å². The molecule has 0 aromatic heterocycles.